The van der Waals surface area contributed by atoms with E-state index in [1.54, 1.807) is 23.3 Å². The predicted octanol–water partition coefficient (Wildman–Crippen LogP) is 5.05. The molecule has 27 heavy (non-hydrogen) atoms. The fourth-order valence-corrected chi connectivity index (χ4v) is 4.02. The van der Waals surface area contributed by atoms with Gasteiger partial charge >= 0.3 is 0 Å². The van der Waals surface area contributed by atoms with E-state index in [0.717, 1.165) is 26.0 Å². The molecule has 0 N–H and O–H groups in total. The zero-order valence-corrected chi connectivity index (χ0v) is 16.1. The highest BCUT2D eigenvalue weighted by atomic mass is 32.1. The molecule has 5 heteroatoms. The summed E-state index contributed by atoms with van der Waals surface area (Å²) in [5.74, 6) is 0.623. The van der Waals surface area contributed by atoms with Gasteiger partial charge in [0.1, 0.15) is 10.8 Å². The van der Waals surface area contributed by atoms with Gasteiger partial charge in [-0.05, 0) is 42.0 Å². The van der Waals surface area contributed by atoms with Crippen LogP contribution < -0.4 is 4.74 Å². The van der Waals surface area contributed by atoms with Gasteiger partial charge in [0.05, 0.1) is 16.3 Å². The molecule has 0 fully saturated rings. The molecule has 0 radical (unpaired) electrons. The van der Waals surface area contributed by atoms with Gasteiger partial charge in [0, 0.05) is 7.05 Å². The number of likely N-dealkylation sites (N-methyl/N-ethyl adjacent to an activating group) is 1. The average molecular weight is 376 g/mol. The maximum absolute atomic E-state index is 12.6. The van der Waals surface area contributed by atoms with E-state index in [-0.39, 0.29) is 18.6 Å². The Hall–Kier alpha value is -2.92. The van der Waals surface area contributed by atoms with Gasteiger partial charge in [-0.3, -0.25) is 4.79 Å². The number of nitrogens with zero attached hydrogens (tertiary/aromatic N) is 2. The molecular weight excluding hydrogens is 356 g/mol. The highest BCUT2D eigenvalue weighted by molar-refractivity contribution is 7.18. The van der Waals surface area contributed by atoms with Crippen molar-refractivity contribution in [1.82, 2.24) is 9.88 Å². The number of hydrogen-bond donors (Lipinski definition) is 0. The first-order valence-corrected chi connectivity index (χ1v) is 9.66. The Kier molecular flexibility index (Phi) is 4.77. The molecule has 1 amide bonds. The molecule has 4 nitrogen and oxygen atoms in total. The Bertz CT molecular complexity index is 1070. The number of para-hydroxylation sites is 1. The van der Waals surface area contributed by atoms with Gasteiger partial charge in [-0.15, -0.1) is 11.3 Å². The number of amides is 1. The van der Waals surface area contributed by atoms with Crippen LogP contribution in [0, 0.1) is 0 Å². The summed E-state index contributed by atoms with van der Waals surface area (Å²) >= 11 is 1.62. The second kappa shape index (κ2) is 7.37. The first-order chi connectivity index (χ1) is 13.1. The van der Waals surface area contributed by atoms with E-state index >= 15 is 0 Å². The third kappa shape index (κ3) is 3.64. The van der Waals surface area contributed by atoms with Gasteiger partial charge in [-0.2, -0.15) is 0 Å². The van der Waals surface area contributed by atoms with Gasteiger partial charge in [0.15, 0.2) is 6.61 Å². The van der Waals surface area contributed by atoms with E-state index in [0.29, 0.717) is 5.75 Å². The lowest BCUT2D eigenvalue weighted by Gasteiger charge is -2.23. The molecule has 1 aromatic heterocycles. The van der Waals surface area contributed by atoms with Crippen molar-refractivity contribution in [2.45, 2.75) is 13.0 Å². The van der Waals surface area contributed by atoms with Gasteiger partial charge in [0.2, 0.25) is 0 Å². The van der Waals surface area contributed by atoms with E-state index in [2.05, 4.69) is 11.1 Å². The zero-order valence-electron chi connectivity index (χ0n) is 15.3. The molecule has 0 aliphatic rings. The molecule has 0 spiro atoms. The quantitative estimate of drug-likeness (QED) is 0.490. The highest BCUT2D eigenvalue weighted by Crippen LogP contribution is 2.29. The van der Waals surface area contributed by atoms with E-state index in [1.165, 1.54) is 0 Å². The topological polar surface area (TPSA) is 42.4 Å². The third-order valence-electron chi connectivity index (χ3n) is 4.73. The van der Waals surface area contributed by atoms with Crippen LogP contribution in [0.25, 0.3) is 21.0 Å². The van der Waals surface area contributed by atoms with Crippen LogP contribution in [0.2, 0.25) is 0 Å². The summed E-state index contributed by atoms with van der Waals surface area (Å²) in [6.45, 7) is 2.00. The van der Waals surface area contributed by atoms with Crippen LogP contribution in [-0.4, -0.2) is 29.4 Å². The molecular formula is C22H20N2O2S. The fourth-order valence-electron chi connectivity index (χ4n) is 2.95. The minimum absolute atomic E-state index is 0.00404. The first-order valence-electron chi connectivity index (χ1n) is 8.84. The van der Waals surface area contributed by atoms with Crippen molar-refractivity contribution in [2.75, 3.05) is 13.7 Å². The standard InChI is InChI=1S/C22H20N2O2S/c1-15(22-23-19-9-5-6-10-20(19)27-22)24(2)21(25)14-26-18-12-11-16-7-3-4-8-17(16)13-18/h3-13,15H,14H2,1-2H3/t15-/m1/s1. The van der Waals surface area contributed by atoms with E-state index < -0.39 is 0 Å². The molecule has 4 rings (SSSR count). The Morgan fingerprint density at radius 1 is 1.07 bits per heavy atom. The molecule has 0 unspecified atom stereocenters. The van der Waals surface area contributed by atoms with Crippen LogP contribution in [0.3, 0.4) is 0 Å². The maximum Gasteiger partial charge on any atom is 0.260 e. The molecule has 0 aliphatic heterocycles. The number of hydrogen-bond acceptors (Lipinski definition) is 4. The summed E-state index contributed by atoms with van der Waals surface area (Å²) in [7, 11) is 1.79. The number of carbonyl (C=O) groups is 1. The average Bonchev–Trinajstić information content (AvgIpc) is 3.15. The lowest BCUT2D eigenvalue weighted by atomic mass is 10.1. The molecule has 136 valence electrons. The summed E-state index contributed by atoms with van der Waals surface area (Å²) in [6.07, 6.45) is 0. The smallest absolute Gasteiger partial charge is 0.260 e. The van der Waals surface area contributed by atoms with Crippen LogP contribution >= 0.6 is 11.3 Å². The van der Waals surface area contributed by atoms with Crippen molar-refractivity contribution < 1.29 is 9.53 Å². The number of benzene rings is 3. The number of thiazole rings is 1. The van der Waals surface area contributed by atoms with Crippen LogP contribution in [0.5, 0.6) is 5.75 Å². The predicted molar refractivity (Wildman–Crippen MR) is 110 cm³/mol. The lowest BCUT2D eigenvalue weighted by Crippen LogP contribution is -2.33. The van der Waals surface area contributed by atoms with Crippen LogP contribution in [0.1, 0.15) is 18.0 Å². The summed E-state index contributed by atoms with van der Waals surface area (Å²) in [4.78, 5) is 18.9. The number of ether oxygens (including phenoxy) is 1. The Balaban J connectivity index is 1.43. The number of aromatic nitrogens is 1. The third-order valence-corrected chi connectivity index (χ3v) is 5.93. The van der Waals surface area contributed by atoms with Crippen LogP contribution in [-0.2, 0) is 4.79 Å². The minimum atomic E-state index is -0.102. The molecule has 0 aliphatic carbocycles. The van der Waals surface area contributed by atoms with E-state index in [1.807, 2.05) is 67.6 Å². The molecule has 4 aromatic rings. The summed E-state index contributed by atoms with van der Waals surface area (Å²) in [6, 6.07) is 21.9. The molecule has 1 heterocycles. The zero-order chi connectivity index (χ0) is 18.8. The van der Waals surface area contributed by atoms with Crippen LogP contribution in [0.15, 0.2) is 66.7 Å². The number of fused-ring (bicyclic) bond motifs is 2. The van der Waals surface area contributed by atoms with E-state index in [4.69, 9.17) is 4.74 Å². The summed E-state index contributed by atoms with van der Waals surface area (Å²) in [5.41, 5.74) is 0.970. The summed E-state index contributed by atoms with van der Waals surface area (Å²) < 4.78 is 6.87. The molecule has 1 atom stereocenters. The Morgan fingerprint density at radius 3 is 2.63 bits per heavy atom. The van der Waals surface area contributed by atoms with Crippen molar-refractivity contribution in [3.63, 3.8) is 0 Å². The molecule has 0 bridgehead atoms. The first kappa shape index (κ1) is 17.5. The molecule has 0 saturated carbocycles. The fraction of sp³-hybridized carbons (Fsp3) is 0.182. The van der Waals surface area contributed by atoms with Crippen molar-refractivity contribution in [2.24, 2.45) is 0 Å². The molecule has 0 saturated heterocycles. The Morgan fingerprint density at radius 2 is 1.81 bits per heavy atom. The largest absolute Gasteiger partial charge is 0.484 e. The second-order valence-electron chi connectivity index (χ2n) is 6.50. The van der Waals surface area contributed by atoms with Gasteiger partial charge in [-0.1, -0.05) is 42.5 Å². The minimum Gasteiger partial charge on any atom is -0.484 e. The van der Waals surface area contributed by atoms with Crippen molar-refractivity contribution >= 4 is 38.2 Å². The second-order valence-corrected chi connectivity index (χ2v) is 7.56. The lowest BCUT2D eigenvalue weighted by molar-refractivity contribution is -0.134. The number of rotatable bonds is 5. The Labute approximate surface area is 162 Å². The van der Waals surface area contributed by atoms with Gasteiger partial charge < -0.3 is 9.64 Å². The van der Waals surface area contributed by atoms with Gasteiger partial charge in [-0.25, -0.2) is 4.98 Å². The van der Waals surface area contributed by atoms with E-state index in [9.17, 15) is 4.79 Å². The highest BCUT2D eigenvalue weighted by Gasteiger charge is 2.21. The SMILES string of the molecule is C[C@H](c1nc2ccccc2s1)N(C)C(=O)COc1ccc2ccccc2c1. The maximum atomic E-state index is 12.6. The van der Waals surface area contributed by atoms with Crippen molar-refractivity contribution in [1.29, 1.82) is 0 Å². The normalized spacial score (nSPS) is 12.2. The number of carbonyl (C=O) groups excluding carboxylic acids is 1. The van der Waals surface area contributed by atoms with Crippen molar-refractivity contribution in [3.05, 3.63) is 71.7 Å². The summed E-state index contributed by atoms with van der Waals surface area (Å²) in [5, 5.41) is 3.18. The van der Waals surface area contributed by atoms with Crippen molar-refractivity contribution in [3.8, 4) is 5.75 Å². The van der Waals surface area contributed by atoms with Gasteiger partial charge in [0.25, 0.3) is 5.91 Å². The molecule has 3 aromatic carbocycles. The monoisotopic (exact) mass is 376 g/mol. The van der Waals surface area contributed by atoms with Crippen LogP contribution in [0.4, 0.5) is 0 Å².